The zero-order valence-electron chi connectivity index (χ0n) is 8.96. The first-order chi connectivity index (χ1) is 6.75. The Morgan fingerprint density at radius 2 is 2.36 bits per heavy atom. The minimum Gasteiger partial charge on any atom is -0.342 e. The van der Waals surface area contributed by atoms with Crippen LogP contribution in [0.4, 0.5) is 0 Å². The summed E-state index contributed by atoms with van der Waals surface area (Å²) in [7, 11) is 1.90. The van der Waals surface area contributed by atoms with Gasteiger partial charge in [-0.25, -0.2) is 0 Å². The molecule has 14 heavy (non-hydrogen) atoms. The van der Waals surface area contributed by atoms with Crippen LogP contribution in [0, 0.1) is 0 Å². The third-order valence-corrected chi connectivity index (χ3v) is 2.81. The fraction of sp³-hybridized carbons (Fsp3) is 0.727. The van der Waals surface area contributed by atoms with Crippen LogP contribution in [0.25, 0.3) is 0 Å². The molecule has 1 fully saturated rings. The topological polar surface area (TPSA) is 32.3 Å². The van der Waals surface area contributed by atoms with Crippen LogP contribution >= 0.6 is 0 Å². The van der Waals surface area contributed by atoms with Crippen LogP contribution in [0.5, 0.6) is 0 Å². The minimum atomic E-state index is 0.187. The Morgan fingerprint density at radius 1 is 1.57 bits per heavy atom. The molecule has 1 atom stereocenters. The number of amides is 1. The molecule has 0 saturated carbocycles. The van der Waals surface area contributed by atoms with Gasteiger partial charge in [0.05, 0.1) is 0 Å². The standard InChI is InChI=1S/C11H20N2O/c1-3-5-11(14)13(2)10-6-4-8-12-9-7-10/h3,10,12H,1,4-9H2,2H3. The van der Waals surface area contributed by atoms with Crippen LogP contribution < -0.4 is 5.32 Å². The summed E-state index contributed by atoms with van der Waals surface area (Å²) in [6, 6.07) is 0.414. The molecule has 80 valence electrons. The minimum absolute atomic E-state index is 0.187. The second kappa shape index (κ2) is 5.81. The van der Waals surface area contributed by atoms with E-state index < -0.39 is 0 Å². The number of carbonyl (C=O) groups excluding carboxylic acids is 1. The van der Waals surface area contributed by atoms with Crippen LogP contribution in [0.2, 0.25) is 0 Å². The highest BCUT2D eigenvalue weighted by atomic mass is 16.2. The van der Waals surface area contributed by atoms with Crippen molar-refractivity contribution < 1.29 is 4.79 Å². The average molecular weight is 196 g/mol. The third-order valence-electron chi connectivity index (χ3n) is 2.81. The fourth-order valence-corrected chi connectivity index (χ4v) is 1.86. The SMILES string of the molecule is C=CCC(=O)N(C)C1CCCNCC1. The van der Waals surface area contributed by atoms with Gasteiger partial charge in [-0.05, 0) is 32.4 Å². The van der Waals surface area contributed by atoms with E-state index in [9.17, 15) is 4.79 Å². The maximum Gasteiger partial charge on any atom is 0.226 e. The van der Waals surface area contributed by atoms with Crippen LogP contribution in [0.15, 0.2) is 12.7 Å². The van der Waals surface area contributed by atoms with Gasteiger partial charge in [0, 0.05) is 19.5 Å². The van der Waals surface area contributed by atoms with Gasteiger partial charge < -0.3 is 10.2 Å². The summed E-state index contributed by atoms with van der Waals surface area (Å²) in [5, 5.41) is 3.34. The Labute approximate surface area is 86.2 Å². The summed E-state index contributed by atoms with van der Waals surface area (Å²) in [5.41, 5.74) is 0. The summed E-state index contributed by atoms with van der Waals surface area (Å²) in [4.78, 5) is 13.5. The van der Waals surface area contributed by atoms with E-state index in [2.05, 4.69) is 11.9 Å². The van der Waals surface area contributed by atoms with Crippen molar-refractivity contribution in [1.29, 1.82) is 0 Å². The molecule has 0 aliphatic carbocycles. The van der Waals surface area contributed by atoms with Crippen molar-refractivity contribution in [2.45, 2.75) is 31.7 Å². The van der Waals surface area contributed by atoms with Crippen LogP contribution in [-0.4, -0.2) is 37.0 Å². The average Bonchev–Trinajstić information content (AvgIpc) is 2.45. The van der Waals surface area contributed by atoms with E-state index >= 15 is 0 Å². The van der Waals surface area contributed by atoms with Crippen LogP contribution in [0.3, 0.4) is 0 Å². The molecular formula is C11H20N2O. The molecule has 1 aliphatic rings. The number of rotatable bonds is 3. The van der Waals surface area contributed by atoms with Gasteiger partial charge in [-0.1, -0.05) is 6.08 Å². The molecule has 1 aliphatic heterocycles. The van der Waals surface area contributed by atoms with Gasteiger partial charge in [0.15, 0.2) is 0 Å². The Morgan fingerprint density at radius 3 is 3.07 bits per heavy atom. The quantitative estimate of drug-likeness (QED) is 0.687. The summed E-state index contributed by atoms with van der Waals surface area (Å²) in [6.45, 7) is 5.69. The summed E-state index contributed by atoms with van der Waals surface area (Å²) in [5.74, 6) is 0.187. The normalized spacial score (nSPS) is 22.5. The molecule has 3 heteroatoms. The maximum atomic E-state index is 11.6. The molecule has 1 heterocycles. The fourth-order valence-electron chi connectivity index (χ4n) is 1.86. The van der Waals surface area contributed by atoms with Crippen molar-refractivity contribution in [2.24, 2.45) is 0 Å². The molecule has 1 rings (SSSR count). The zero-order valence-corrected chi connectivity index (χ0v) is 8.96. The summed E-state index contributed by atoms with van der Waals surface area (Å²) < 4.78 is 0. The van der Waals surface area contributed by atoms with Gasteiger partial charge in [0.1, 0.15) is 0 Å². The molecule has 0 aromatic rings. The highest BCUT2D eigenvalue weighted by molar-refractivity contribution is 5.77. The van der Waals surface area contributed by atoms with E-state index in [1.807, 2.05) is 11.9 Å². The van der Waals surface area contributed by atoms with Crippen LogP contribution in [-0.2, 0) is 4.79 Å². The highest BCUT2D eigenvalue weighted by Gasteiger charge is 2.19. The second-order valence-electron chi connectivity index (χ2n) is 3.83. The highest BCUT2D eigenvalue weighted by Crippen LogP contribution is 2.12. The molecule has 0 radical (unpaired) electrons. The Hall–Kier alpha value is -0.830. The predicted octanol–water partition coefficient (Wildman–Crippen LogP) is 1.16. The Balaban J connectivity index is 2.44. The first-order valence-electron chi connectivity index (χ1n) is 5.33. The first-order valence-corrected chi connectivity index (χ1v) is 5.33. The van der Waals surface area contributed by atoms with Crippen LogP contribution in [0.1, 0.15) is 25.7 Å². The number of hydrogen-bond donors (Lipinski definition) is 1. The molecule has 0 aromatic heterocycles. The zero-order chi connectivity index (χ0) is 10.4. The smallest absolute Gasteiger partial charge is 0.226 e. The van der Waals surface area contributed by atoms with Crippen molar-refractivity contribution in [3.63, 3.8) is 0 Å². The lowest BCUT2D eigenvalue weighted by molar-refractivity contribution is -0.131. The van der Waals surface area contributed by atoms with Gasteiger partial charge in [-0.2, -0.15) is 0 Å². The molecule has 0 spiro atoms. The number of nitrogens with one attached hydrogen (secondary N) is 1. The molecule has 1 saturated heterocycles. The van der Waals surface area contributed by atoms with Gasteiger partial charge in [-0.3, -0.25) is 4.79 Å². The number of carbonyl (C=O) groups is 1. The summed E-state index contributed by atoms with van der Waals surface area (Å²) >= 11 is 0. The number of hydrogen-bond acceptors (Lipinski definition) is 2. The van der Waals surface area contributed by atoms with Crippen molar-refractivity contribution in [2.75, 3.05) is 20.1 Å². The van der Waals surface area contributed by atoms with E-state index in [0.29, 0.717) is 12.5 Å². The van der Waals surface area contributed by atoms with E-state index in [1.54, 1.807) is 6.08 Å². The second-order valence-corrected chi connectivity index (χ2v) is 3.83. The molecule has 1 amide bonds. The number of nitrogens with zero attached hydrogens (tertiary/aromatic N) is 1. The first kappa shape index (κ1) is 11.2. The van der Waals surface area contributed by atoms with Crippen molar-refractivity contribution in [3.05, 3.63) is 12.7 Å². The predicted molar refractivity (Wildman–Crippen MR) is 58.1 cm³/mol. The van der Waals surface area contributed by atoms with Gasteiger partial charge in [0.2, 0.25) is 5.91 Å². The molecule has 0 bridgehead atoms. The van der Waals surface area contributed by atoms with Gasteiger partial charge >= 0.3 is 0 Å². The van der Waals surface area contributed by atoms with E-state index in [4.69, 9.17) is 0 Å². The van der Waals surface area contributed by atoms with Crippen molar-refractivity contribution in [3.8, 4) is 0 Å². The molecule has 3 nitrogen and oxygen atoms in total. The maximum absolute atomic E-state index is 11.6. The lowest BCUT2D eigenvalue weighted by Crippen LogP contribution is -2.37. The lowest BCUT2D eigenvalue weighted by atomic mass is 10.1. The molecule has 1 unspecified atom stereocenters. The molecular weight excluding hydrogens is 176 g/mol. The largest absolute Gasteiger partial charge is 0.342 e. The lowest BCUT2D eigenvalue weighted by Gasteiger charge is -2.26. The molecule has 0 aromatic carbocycles. The Kier molecular flexibility index (Phi) is 4.66. The van der Waals surface area contributed by atoms with E-state index in [1.165, 1.54) is 0 Å². The van der Waals surface area contributed by atoms with Crippen molar-refractivity contribution in [1.82, 2.24) is 10.2 Å². The van der Waals surface area contributed by atoms with Gasteiger partial charge in [-0.15, -0.1) is 6.58 Å². The monoisotopic (exact) mass is 196 g/mol. The third kappa shape index (κ3) is 3.14. The summed E-state index contributed by atoms with van der Waals surface area (Å²) in [6.07, 6.45) is 5.48. The Bertz CT molecular complexity index is 195. The van der Waals surface area contributed by atoms with E-state index in [-0.39, 0.29) is 5.91 Å². The van der Waals surface area contributed by atoms with Gasteiger partial charge in [0.25, 0.3) is 0 Å². The van der Waals surface area contributed by atoms with E-state index in [0.717, 1.165) is 32.4 Å². The van der Waals surface area contributed by atoms with Crippen molar-refractivity contribution >= 4 is 5.91 Å². The molecule has 1 N–H and O–H groups in total.